The van der Waals surface area contributed by atoms with Crippen molar-refractivity contribution in [3.05, 3.63) is 24.2 Å². The zero-order valence-electron chi connectivity index (χ0n) is 17.5. The van der Waals surface area contributed by atoms with Crippen LogP contribution in [0.2, 0.25) is 0 Å². The van der Waals surface area contributed by atoms with Gasteiger partial charge in [0.25, 0.3) is 0 Å². The predicted molar refractivity (Wildman–Crippen MR) is 118 cm³/mol. The molecule has 158 valence electrons. The Morgan fingerprint density at radius 1 is 1.24 bits per heavy atom. The molecule has 0 radical (unpaired) electrons. The number of hydrogen-bond acceptors (Lipinski definition) is 6. The van der Waals surface area contributed by atoms with Crippen molar-refractivity contribution in [1.82, 2.24) is 25.1 Å². The highest BCUT2D eigenvalue weighted by molar-refractivity contribution is 7.98. The molecule has 0 atom stereocenters. The van der Waals surface area contributed by atoms with E-state index in [1.807, 2.05) is 18.4 Å². The molecule has 8 nitrogen and oxygen atoms in total. The van der Waals surface area contributed by atoms with Crippen LogP contribution in [0, 0.1) is 5.92 Å². The van der Waals surface area contributed by atoms with Crippen molar-refractivity contribution in [3.8, 4) is 0 Å². The standard InChI is InChI=1S/C20H31N7OS/c1-15(2)14-27-18(24-25-20(27)29-3)7-6-10-21-19(28)23-16-8-9-17(22-13-16)26-11-4-5-12-26/h8-9,13,15H,4-7,10-12,14H2,1-3H3,(H2,21,23,28). The van der Waals surface area contributed by atoms with E-state index in [4.69, 9.17) is 0 Å². The van der Waals surface area contributed by atoms with Crippen LogP contribution in [0.15, 0.2) is 23.5 Å². The molecule has 0 spiro atoms. The summed E-state index contributed by atoms with van der Waals surface area (Å²) in [7, 11) is 0. The van der Waals surface area contributed by atoms with E-state index in [0.717, 1.165) is 49.3 Å². The molecule has 2 aromatic rings. The molecule has 0 saturated carbocycles. The third-order valence-electron chi connectivity index (χ3n) is 4.82. The van der Waals surface area contributed by atoms with E-state index in [1.165, 1.54) is 12.8 Å². The fraction of sp³-hybridized carbons (Fsp3) is 0.600. The van der Waals surface area contributed by atoms with Crippen LogP contribution in [-0.2, 0) is 13.0 Å². The summed E-state index contributed by atoms with van der Waals surface area (Å²) in [5, 5.41) is 15.3. The normalized spacial score (nSPS) is 13.9. The van der Waals surface area contributed by atoms with E-state index in [2.05, 4.69) is 49.1 Å². The SMILES string of the molecule is CSc1nnc(CCCNC(=O)Nc2ccc(N3CCCC3)nc2)n1CC(C)C. The average molecular weight is 418 g/mol. The maximum Gasteiger partial charge on any atom is 0.319 e. The highest BCUT2D eigenvalue weighted by Crippen LogP contribution is 2.19. The van der Waals surface area contributed by atoms with Crippen LogP contribution in [0.4, 0.5) is 16.3 Å². The van der Waals surface area contributed by atoms with Gasteiger partial charge in [0.05, 0.1) is 11.9 Å². The molecule has 0 unspecified atom stereocenters. The second kappa shape index (κ2) is 10.5. The molecule has 3 rings (SSSR count). The number of hydrogen-bond donors (Lipinski definition) is 2. The predicted octanol–water partition coefficient (Wildman–Crippen LogP) is 3.41. The molecule has 29 heavy (non-hydrogen) atoms. The van der Waals surface area contributed by atoms with Gasteiger partial charge in [0.2, 0.25) is 0 Å². The topological polar surface area (TPSA) is 88.0 Å². The molecule has 9 heteroatoms. The molecule has 1 aliphatic heterocycles. The largest absolute Gasteiger partial charge is 0.357 e. The molecule has 2 aromatic heterocycles. The minimum atomic E-state index is -0.214. The summed E-state index contributed by atoms with van der Waals surface area (Å²) in [5.41, 5.74) is 0.701. The maximum atomic E-state index is 12.1. The number of nitrogens with zero attached hydrogens (tertiary/aromatic N) is 5. The molecular formula is C20H31N7OS. The quantitative estimate of drug-likeness (QED) is 0.480. The number of thioether (sulfide) groups is 1. The first kappa shape index (κ1) is 21.4. The smallest absolute Gasteiger partial charge is 0.319 e. The summed E-state index contributed by atoms with van der Waals surface area (Å²) >= 11 is 1.61. The van der Waals surface area contributed by atoms with Crippen molar-refractivity contribution in [1.29, 1.82) is 0 Å². The molecule has 0 aromatic carbocycles. The Hall–Kier alpha value is -2.29. The molecule has 0 bridgehead atoms. The summed E-state index contributed by atoms with van der Waals surface area (Å²) in [6.45, 7) is 7.98. The van der Waals surface area contributed by atoms with Crippen LogP contribution < -0.4 is 15.5 Å². The van der Waals surface area contributed by atoms with E-state index >= 15 is 0 Å². The molecule has 0 aliphatic carbocycles. The van der Waals surface area contributed by atoms with Crippen molar-refractivity contribution in [2.45, 2.75) is 51.2 Å². The summed E-state index contributed by atoms with van der Waals surface area (Å²) in [4.78, 5) is 18.9. The number of amides is 2. The van der Waals surface area contributed by atoms with Gasteiger partial charge in [-0.05, 0) is 43.6 Å². The van der Waals surface area contributed by atoms with Gasteiger partial charge in [-0.3, -0.25) is 0 Å². The minimum absolute atomic E-state index is 0.214. The van der Waals surface area contributed by atoms with Crippen LogP contribution >= 0.6 is 11.8 Å². The van der Waals surface area contributed by atoms with Gasteiger partial charge in [-0.25, -0.2) is 9.78 Å². The molecule has 2 N–H and O–H groups in total. The summed E-state index contributed by atoms with van der Waals surface area (Å²) in [6, 6.07) is 3.65. The van der Waals surface area contributed by atoms with E-state index in [-0.39, 0.29) is 6.03 Å². The van der Waals surface area contributed by atoms with Crippen molar-refractivity contribution >= 4 is 29.3 Å². The van der Waals surface area contributed by atoms with E-state index in [9.17, 15) is 4.79 Å². The number of anilines is 2. The number of aromatic nitrogens is 4. The van der Waals surface area contributed by atoms with E-state index in [0.29, 0.717) is 18.2 Å². The number of nitrogens with one attached hydrogen (secondary N) is 2. The van der Waals surface area contributed by atoms with Crippen LogP contribution in [0.25, 0.3) is 0 Å². The Bertz CT molecular complexity index is 785. The second-order valence-corrected chi connectivity index (χ2v) is 8.46. The van der Waals surface area contributed by atoms with Gasteiger partial charge >= 0.3 is 6.03 Å². The number of aryl methyl sites for hydroxylation is 1. The number of rotatable bonds is 9. The van der Waals surface area contributed by atoms with Crippen LogP contribution in [0.3, 0.4) is 0 Å². The molecule has 1 aliphatic rings. The monoisotopic (exact) mass is 417 g/mol. The summed E-state index contributed by atoms with van der Waals surface area (Å²) in [6.07, 6.45) is 7.76. The third-order valence-corrected chi connectivity index (χ3v) is 5.49. The number of carbonyl (C=O) groups is 1. The Morgan fingerprint density at radius 2 is 2.03 bits per heavy atom. The van der Waals surface area contributed by atoms with Crippen molar-refractivity contribution in [2.24, 2.45) is 5.92 Å². The third kappa shape index (κ3) is 6.09. The van der Waals surface area contributed by atoms with Crippen LogP contribution in [-0.4, -0.2) is 51.7 Å². The Morgan fingerprint density at radius 3 is 2.69 bits per heavy atom. The molecular weight excluding hydrogens is 386 g/mol. The second-order valence-electron chi connectivity index (χ2n) is 7.69. The Balaban J connectivity index is 1.41. The number of carbonyl (C=O) groups excluding carboxylic acids is 1. The van der Waals surface area contributed by atoms with Gasteiger partial charge in [-0.15, -0.1) is 10.2 Å². The fourth-order valence-electron chi connectivity index (χ4n) is 3.42. The van der Waals surface area contributed by atoms with Crippen LogP contribution in [0.5, 0.6) is 0 Å². The first-order chi connectivity index (χ1) is 14.1. The highest BCUT2D eigenvalue weighted by atomic mass is 32.2. The van der Waals surface area contributed by atoms with E-state index in [1.54, 1.807) is 18.0 Å². The van der Waals surface area contributed by atoms with Crippen molar-refractivity contribution < 1.29 is 4.79 Å². The maximum absolute atomic E-state index is 12.1. The Labute approximate surface area is 176 Å². The highest BCUT2D eigenvalue weighted by Gasteiger charge is 2.14. The minimum Gasteiger partial charge on any atom is -0.357 e. The van der Waals surface area contributed by atoms with Gasteiger partial charge in [0, 0.05) is 32.6 Å². The first-order valence-corrected chi connectivity index (χ1v) is 11.5. The zero-order chi connectivity index (χ0) is 20.6. The lowest BCUT2D eigenvalue weighted by molar-refractivity contribution is 0.252. The molecule has 1 fully saturated rings. The van der Waals surface area contributed by atoms with Crippen molar-refractivity contribution in [3.63, 3.8) is 0 Å². The van der Waals surface area contributed by atoms with Gasteiger partial charge < -0.3 is 20.1 Å². The zero-order valence-corrected chi connectivity index (χ0v) is 18.3. The lowest BCUT2D eigenvalue weighted by atomic mass is 10.2. The van der Waals surface area contributed by atoms with Gasteiger partial charge in [-0.1, -0.05) is 25.6 Å². The average Bonchev–Trinajstić information content (AvgIpc) is 3.36. The molecule has 2 amide bonds. The van der Waals surface area contributed by atoms with Gasteiger partial charge in [0.1, 0.15) is 11.6 Å². The van der Waals surface area contributed by atoms with Crippen molar-refractivity contribution in [2.75, 3.05) is 36.1 Å². The lowest BCUT2D eigenvalue weighted by Gasteiger charge is -2.16. The number of pyridine rings is 1. The molecule has 1 saturated heterocycles. The fourth-order valence-corrected chi connectivity index (χ4v) is 3.94. The Kier molecular flexibility index (Phi) is 7.74. The van der Waals surface area contributed by atoms with Crippen LogP contribution in [0.1, 0.15) is 38.9 Å². The van der Waals surface area contributed by atoms with E-state index < -0.39 is 0 Å². The summed E-state index contributed by atoms with van der Waals surface area (Å²) < 4.78 is 2.18. The number of urea groups is 1. The first-order valence-electron chi connectivity index (χ1n) is 10.3. The lowest BCUT2D eigenvalue weighted by Crippen LogP contribution is -2.30. The molecule has 3 heterocycles. The van der Waals surface area contributed by atoms with Gasteiger partial charge in [-0.2, -0.15) is 0 Å². The summed E-state index contributed by atoms with van der Waals surface area (Å²) in [5.74, 6) is 2.49. The van der Waals surface area contributed by atoms with Gasteiger partial charge in [0.15, 0.2) is 5.16 Å².